The van der Waals surface area contributed by atoms with E-state index in [4.69, 9.17) is 23.2 Å². The number of carbonyl (C=O) groups is 1. The van der Waals surface area contributed by atoms with Crippen LogP contribution in [0.25, 0.3) is 0 Å². The molecule has 23 heavy (non-hydrogen) atoms. The van der Waals surface area contributed by atoms with Gasteiger partial charge in [0.2, 0.25) is 5.91 Å². The summed E-state index contributed by atoms with van der Waals surface area (Å²) in [5, 5.41) is 4.60. The number of hydrogen-bond acceptors (Lipinski definition) is 2. The normalized spacial score (nSPS) is 23.1. The first-order valence-corrected chi connectivity index (χ1v) is 9.34. The average molecular weight is 355 g/mol. The highest BCUT2D eigenvalue weighted by molar-refractivity contribution is 6.35. The van der Waals surface area contributed by atoms with Crippen LogP contribution in [0, 0.1) is 5.92 Å². The van der Waals surface area contributed by atoms with Crippen LogP contribution in [0.2, 0.25) is 10.0 Å². The second kappa shape index (κ2) is 7.87. The number of piperidine rings is 1. The molecule has 126 valence electrons. The Kier molecular flexibility index (Phi) is 5.84. The quantitative estimate of drug-likeness (QED) is 0.875. The third-order valence-electron chi connectivity index (χ3n) is 4.99. The number of nitrogens with zero attached hydrogens (tertiary/aromatic N) is 1. The van der Waals surface area contributed by atoms with E-state index in [2.05, 4.69) is 10.2 Å². The average Bonchev–Trinajstić information content (AvgIpc) is 3.03. The van der Waals surface area contributed by atoms with Crippen molar-refractivity contribution in [2.75, 3.05) is 13.1 Å². The summed E-state index contributed by atoms with van der Waals surface area (Å²) in [6.07, 6.45) is 6.83. The first-order chi connectivity index (χ1) is 11.1. The molecule has 1 heterocycles. The van der Waals surface area contributed by atoms with Crippen molar-refractivity contribution in [2.45, 2.75) is 51.1 Å². The molecule has 3 rings (SSSR count). The van der Waals surface area contributed by atoms with Gasteiger partial charge in [0.05, 0.1) is 5.92 Å². The molecule has 1 aliphatic carbocycles. The molecule has 1 aromatic rings. The van der Waals surface area contributed by atoms with Crippen LogP contribution in [-0.2, 0) is 11.3 Å². The highest BCUT2D eigenvalue weighted by Gasteiger charge is 2.28. The minimum Gasteiger partial charge on any atom is -0.353 e. The van der Waals surface area contributed by atoms with Crippen LogP contribution in [-0.4, -0.2) is 29.9 Å². The molecule has 1 saturated heterocycles. The molecule has 1 atom stereocenters. The number of nitrogens with one attached hydrogen (secondary N) is 1. The number of likely N-dealkylation sites (tertiary alicyclic amines) is 1. The first-order valence-electron chi connectivity index (χ1n) is 8.58. The number of rotatable bonds is 4. The van der Waals surface area contributed by atoms with Crippen LogP contribution in [0.15, 0.2) is 18.2 Å². The molecule has 0 radical (unpaired) electrons. The van der Waals surface area contributed by atoms with E-state index < -0.39 is 0 Å². The van der Waals surface area contributed by atoms with E-state index in [1.165, 1.54) is 12.8 Å². The van der Waals surface area contributed by atoms with Gasteiger partial charge in [0.15, 0.2) is 0 Å². The van der Waals surface area contributed by atoms with Crippen LogP contribution in [0.4, 0.5) is 0 Å². The lowest BCUT2D eigenvalue weighted by Gasteiger charge is -2.32. The Bertz CT molecular complexity index is 558. The Morgan fingerprint density at radius 1 is 1.17 bits per heavy atom. The Labute approximate surface area is 148 Å². The van der Waals surface area contributed by atoms with Crippen molar-refractivity contribution < 1.29 is 4.79 Å². The molecule has 1 aromatic carbocycles. The van der Waals surface area contributed by atoms with Crippen molar-refractivity contribution in [1.82, 2.24) is 10.2 Å². The van der Waals surface area contributed by atoms with Crippen molar-refractivity contribution in [3.8, 4) is 0 Å². The largest absolute Gasteiger partial charge is 0.353 e. The smallest absolute Gasteiger partial charge is 0.224 e. The van der Waals surface area contributed by atoms with Crippen molar-refractivity contribution >= 4 is 29.1 Å². The summed E-state index contributed by atoms with van der Waals surface area (Å²) >= 11 is 12.2. The summed E-state index contributed by atoms with van der Waals surface area (Å²) in [6, 6.07) is 6.04. The Balaban J connectivity index is 1.56. The minimum absolute atomic E-state index is 0.107. The van der Waals surface area contributed by atoms with Gasteiger partial charge in [0.25, 0.3) is 0 Å². The maximum Gasteiger partial charge on any atom is 0.224 e. The number of amides is 1. The number of halogens is 2. The minimum atomic E-state index is 0.107. The monoisotopic (exact) mass is 354 g/mol. The zero-order chi connectivity index (χ0) is 16.2. The van der Waals surface area contributed by atoms with Gasteiger partial charge in [-0.25, -0.2) is 0 Å². The molecule has 1 saturated carbocycles. The summed E-state index contributed by atoms with van der Waals surface area (Å²) in [6.45, 7) is 2.62. The number of hydrogen-bond donors (Lipinski definition) is 1. The maximum absolute atomic E-state index is 12.5. The highest BCUT2D eigenvalue weighted by atomic mass is 35.5. The van der Waals surface area contributed by atoms with E-state index in [1.54, 1.807) is 6.07 Å². The van der Waals surface area contributed by atoms with Gasteiger partial charge in [0.1, 0.15) is 0 Å². The second-order valence-electron chi connectivity index (χ2n) is 6.80. The van der Waals surface area contributed by atoms with Crippen molar-refractivity contribution in [2.24, 2.45) is 5.92 Å². The highest BCUT2D eigenvalue weighted by Crippen LogP contribution is 2.25. The lowest BCUT2D eigenvalue weighted by Crippen LogP contribution is -2.45. The zero-order valence-electron chi connectivity index (χ0n) is 13.4. The third-order valence-corrected chi connectivity index (χ3v) is 5.57. The molecule has 1 N–H and O–H groups in total. The number of benzene rings is 1. The second-order valence-corrected chi connectivity index (χ2v) is 7.64. The van der Waals surface area contributed by atoms with Gasteiger partial charge in [-0.3, -0.25) is 9.69 Å². The van der Waals surface area contributed by atoms with Crippen molar-refractivity contribution in [3.05, 3.63) is 33.8 Å². The molecule has 0 bridgehead atoms. The van der Waals surface area contributed by atoms with Crippen molar-refractivity contribution in [1.29, 1.82) is 0 Å². The zero-order valence-corrected chi connectivity index (χ0v) is 14.9. The SMILES string of the molecule is O=C(NC1CCCC1)C1CCCN(Cc2ccc(Cl)cc2Cl)C1. The Morgan fingerprint density at radius 2 is 1.96 bits per heavy atom. The van der Waals surface area contributed by atoms with Gasteiger partial charge in [-0.05, 0) is 49.9 Å². The Morgan fingerprint density at radius 3 is 2.70 bits per heavy atom. The first kappa shape index (κ1) is 17.1. The lowest BCUT2D eigenvalue weighted by molar-refractivity contribution is -0.127. The molecule has 1 aliphatic heterocycles. The topological polar surface area (TPSA) is 32.3 Å². The van der Waals surface area contributed by atoms with E-state index in [0.717, 1.165) is 50.9 Å². The van der Waals surface area contributed by atoms with Gasteiger partial charge >= 0.3 is 0 Å². The van der Waals surface area contributed by atoms with Gasteiger partial charge in [-0.2, -0.15) is 0 Å². The van der Waals surface area contributed by atoms with Crippen LogP contribution >= 0.6 is 23.2 Å². The van der Waals surface area contributed by atoms with Gasteiger partial charge in [0, 0.05) is 29.2 Å². The molecule has 0 aromatic heterocycles. The molecule has 2 aliphatic rings. The fraction of sp³-hybridized carbons (Fsp3) is 0.611. The van der Waals surface area contributed by atoms with E-state index in [-0.39, 0.29) is 11.8 Å². The fourth-order valence-electron chi connectivity index (χ4n) is 3.69. The molecule has 5 heteroatoms. The van der Waals surface area contributed by atoms with E-state index in [9.17, 15) is 4.79 Å². The molecule has 1 amide bonds. The van der Waals surface area contributed by atoms with Crippen LogP contribution < -0.4 is 5.32 Å². The fourth-order valence-corrected chi connectivity index (χ4v) is 4.16. The lowest BCUT2D eigenvalue weighted by atomic mass is 9.96. The van der Waals surface area contributed by atoms with Crippen LogP contribution in [0.5, 0.6) is 0 Å². The Hall–Kier alpha value is -0.770. The molecular formula is C18H24Cl2N2O. The molecule has 2 fully saturated rings. The van der Waals surface area contributed by atoms with E-state index >= 15 is 0 Å². The van der Waals surface area contributed by atoms with Crippen LogP contribution in [0.3, 0.4) is 0 Å². The number of carbonyl (C=O) groups excluding carboxylic acids is 1. The predicted octanol–water partition coefficient (Wildman–Crippen LogP) is 4.26. The van der Waals surface area contributed by atoms with E-state index in [1.807, 2.05) is 12.1 Å². The van der Waals surface area contributed by atoms with Gasteiger partial charge < -0.3 is 5.32 Å². The summed E-state index contributed by atoms with van der Waals surface area (Å²) in [5.74, 6) is 0.347. The summed E-state index contributed by atoms with van der Waals surface area (Å²) < 4.78 is 0. The third kappa shape index (κ3) is 4.62. The van der Waals surface area contributed by atoms with Crippen LogP contribution in [0.1, 0.15) is 44.1 Å². The van der Waals surface area contributed by atoms with Gasteiger partial charge in [-0.15, -0.1) is 0 Å². The maximum atomic E-state index is 12.5. The molecular weight excluding hydrogens is 331 g/mol. The predicted molar refractivity (Wildman–Crippen MR) is 94.9 cm³/mol. The molecule has 1 unspecified atom stereocenters. The molecule has 0 spiro atoms. The van der Waals surface area contributed by atoms with Crippen molar-refractivity contribution in [3.63, 3.8) is 0 Å². The summed E-state index contributed by atoms with van der Waals surface area (Å²) in [5.41, 5.74) is 1.08. The standard InChI is InChI=1S/C18H24Cl2N2O/c19-15-8-7-13(17(20)10-15)11-22-9-3-4-14(12-22)18(23)21-16-5-1-2-6-16/h7-8,10,14,16H,1-6,9,11-12H2,(H,21,23). The van der Waals surface area contributed by atoms with Gasteiger partial charge in [-0.1, -0.05) is 42.1 Å². The summed E-state index contributed by atoms with van der Waals surface area (Å²) in [4.78, 5) is 14.8. The molecule has 3 nitrogen and oxygen atoms in total. The van der Waals surface area contributed by atoms with E-state index in [0.29, 0.717) is 16.1 Å². The summed E-state index contributed by atoms with van der Waals surface area (Å²) in [7, 11) is 0.